The highest BCUT2D eigenvalue weighted by atomic mass is 16.4. The molecule has 3 rings (SSSR count). The summed E-state index contributed by atoms with van der Waals surface area (Å²) in [5, 5.41) is 17.9. The van der Waals surface area contributed by atoms with Crippen molar-refractivity contribution in [1.82, 2.24) is 10.2 Å². The van der Waals surface area contributed by atoms with Crippen LogP contribution in [-0.4, -0.2) is 15.3 Å². The van der Waals surface area contributed by atoms with Crippen LogP contribution in [0.25, 0.3) is 22.6 Å². The maximum absolute atomic E-state index is 9.58. The topological polar surface area (TPSA) is 72.3 Å². The van der Waals surface area contributed by atoms with Gasteiger partial charge in [-0.05, 0) is 12.1 Å². The van der Waals surface area contributed by atoms with Gasteiger partial charge < -0.3 is 13.9 Å². The molecule has 0 radical (unpaired) electrons. The molecule has 0 aliphatic heterocycles. The zero-order valence-electron chi connectivity index (χ0n) is 8.47. The highest BCUT2D eigenvalue weighted by molar-refractivity contribution is 5.86. The Hall–Kier alpha value is -2.30. The van der Waals surface area contributed by atoms with Crippen molar-refractivity contribution >= 4 is 11.0 Å². The minimum atomic E-state index is 0.0972. The van der Waals surface area contributed by atoms with E-state index in [4.69, 9.17) is 8.83 Å². The molecule has 0 saturated heterocycles. The number of aryl methyl sites for hydroxylation is 1. The fourth-order valence-electron chi connectivity index (χ4n) is 1.55. The monoisotopic (exact) mass is 216 g/mol. The van der Waals surface area contributed by atoms with Gasteiger partial charge in [-0.1, -0.05) is 12.1 Å². The molecular formula is C11H8N2O3. The van der Waals surface area contributed by atoms with Crippen LogP contribution in [0.1, 0.15) is 5.89 Å². The molecule has 5 heteroatoms. The Bertz CT molecular complexity index is 654. The van der Waals surface area contributed by atoms with Gasteiger partial charge >= 0.3 is 0 Å². The second kappa shape index (κ2) is 3.10. The third-order valence-corrected chi connectivity index (χ3v) is 2.26. The molecule has 16 heavy (non-hydrogen) atoms. The van der Waals surface area contributed by atoms with Gasteiger partial charge in [-0.2, -0.15) is 0 Å². The molecule has 5 nitrogen and oxygen atoms in total. The molecule has 0 amide bonds. The SMILES string of the molecule is Cc1nnc(-c2cc3cccc(O)c3o2)o1. The van der Waals surface area contributed by atoms with Gasteiger partial charge in [-0.3, -0.25) is 0 Å². The molecule has 0 fully saturated rings. The van der Waals surface area contributed by atoms with Crippen molar-refractivity contribution in [3.8, 4) is 17.4 Å². The van der Waals surface area contributed by atoms with E-state index in [1.165, 1.54) is 0 Å². The number of aromatic hydroxyl groups is 1. The van der Waals surface area contributed by atoms with Gasteiger partial charge in [0.15, 0.2) is 17.1 Å². The maximum Gasteiger partial charge on any atom is 0.283 e. The number of hydrogen-bond donors (Lipinski definition) is 1. The van der Waals surface area contributed by atoms with Crippen molar-refractivity contribution in [1.29, 1.82) is 0 Å². The number of fused-ring (bicyclic) bond motifs is 1. The number of benzene rings is 1. The lowest BCUT2D eigenvalue weighted by Gasteiger charge is -1.90. The summed E-state index contributed by atoms with van der Waals surface area (Å²) in [6.45, 7) is 1.70. The molecule has 2 aromatic heterocycles. The summed E-state index contributed by atoms with van der Waals surface area (Å²) in [4.78, 5) is 0. The average Bonchev–Trinajstić information content (AvgIpc) is 2.84. The minimum absolute atomic E-state index is 0.0972. The number of phenols is 1. The Balaban J connectivity index is 2.22. The van der Waals surface area contributed by atoms with Gasteiger partial charge in [0.05, 0.1) is 0 Å². The molecule has 0 atom stereocenters. The largest absolute Gasteiger partial charge is 0.504 e. The van der Waals surface area contributed by atoms with E-state index in [0.717, 1.165) is 5.39 Å². The quantitative estimate of drug-likeness (QED) is 0.676. The summed E-state index contributed by atoms with van der Waals surface area (Å²) in [5.41, 5.74) is 0.424. The fraction of sp³-hybridized carbons (Fsp3) is 0.0909. The predicted octanol–water partition coefficient (Wildman–Crippen LogP) is 2.50. The first kappa shape index (κ1) is 8.96. The smallest absolute Gasteiger partial charge is 0.283 e. The van der Waals surface area contributed by atoms with Crippen molar-refractivity contribution < 1.29 is 13.9 Å². The van der Waals surface area contributed by atoms with Gasteiger partial charge in [0.25, 0.3) is 5.89 Å². The minimum Gasteiger partial charge on any atom is -0.504 e. The normalized spacial score (nSPS) is 11.1. The molecule has 0 spiro atoms. The summed E-state index contributed by atoms with van der Waals surface area (Å²) in [5.74, 6) is 1.34. The Kier molecular flexibility index (Phi) is 1.73. The van der Waals surface area contributed by atoms with Crippen molar-refractivity contribution in [2.45, 2.75) is 6.92 Å². The third kappa shape index (κ3) is 1.25. The van der Waals surface area contributed by atoms with Crippen LogP contribution < -0.4 is 0 Å². The van der Waals surface area contributed by atoms with Gasteiger partial charge in [-0.25, -0.2) is 0 Å². The summed E-state index contributed by atoms with van der Waals surface area (Å²) < 4.78 is 10.7. The van der Waals surface area contributed by atoms with E-state index < -0.39 is 0 Å². The predicted molar refractivity (Wildman–Crippen MR) is 55.9 cm³/mol. The standard InChI is InChI=1S/C11H8N2O3/c1-6-12-13-11(15-6)9-5-7-3-2-4-8(14)10(7)16-9/h2-5,14H,1H3. The molecule has 1 aromatic carbocycles. The lowest BCUT2D eigenvalue weighted by Crippen LogP contribution is -1.71. The van der Waals surface area contributed by atoms with Crippen LogP contribution in [0.4, 0.5) is 0 Å². The van der Waals surface area contributed by atoms with E-state index in [1.54, 1.807) is 25.1 Å². The molecule has 0 unspecified atom stereocenters. The van der Waals surface area contributed by atoms with Gasteiger partial charge in [0, 0.05) is 12.3 Å². The van der Waals surface area contributed by atoms with Crippen molar-refractivity contribution in [2.24, 2.45) is 0 Å². The molecule has 2 heterocycles. The Morgan fingerprint density at radius 3 is 2.75 bits per heavy atom. The molecule has 80 valence electrons. The van der Waals surface area contributed by atoms with Gasteiger partial charge in [0.2, 0.25) is 5.89 Å². The van der Waals surface area contributed by atoms with E-state index in [0.29, 0.717) is 23.1 Å². The zero-order chi connectivity index (χ0) is 11.1. The number of aromatic nitrogens is 2. The molecule has 0 bridgehead atoms. The molecule has 1 N–H and O–H groups in total. The van der Waals surface area contributed by atoms with E-state index >= 15 is 0 Å². The van der Waals surface area contributed by atoms with E-state index in [2.05, 4.69) is 10.2 Å². The number of para-hydroxylation sites is 1. The van der Waals surface area contributed by atoms with Crippen LogP contribution in [0.15, 0.2) is 33.1 Å². The Morgan fingerprint density at radius 2 is 2.06 bits per heavy atom. The number of rotatable bonds is 1. The molecule has 0 aliphatic carbocycles. The Labute approximate surface area is 90.3 Å². The summed E-state index contributed by atoms with van der Waals surface area (Å²) in [7, 11) is 0. The summed E-state index contributed by atoms with van der Waals surface area (Å²) in [6.07, 6.45) is 0. The van der Waals surface area contributed by atoms with E-state index in [1.807, 2.05) is 6.07 Å². The maximum atomic E-state index is 9.58. The molecule has 3 aromatic rings. The van der Waals surface area contributed by atoms with Crippen LogP contribution in [0.3, 0.4) is 0 Å². The number of nitrogens with zero attached hydrogens (tertiary/aromatic N) is 2. The van der Waals surface area contributed by atoms with Crippen LogP contribution in [0.5, 0.6) is 5.75 Å². The van der Waals surface area contributed by atoms with E-state index in [-0.39, 0.29) is 5.75 Å². The lowest BCUT2D eigenvalue weighted by atomic mass is 10.2. The number of phenolic OH excluding ortho intramolecular Hbond substituents is 1. The van der Waals surface area contributed by atoms with Gasteiger partial charge in [0.1, 0.15) is 0 Å². The van der Waals surface area contributed by atoms with Gasteiger partial charge in [-0.15, -0.1) is 10.2 Å². The molecular weight excluding hydrogens is 208 g/mol. The fourth-order valence-corrected chi connectivity index (χ4v) is 1.55. The number of furan rings is 1. The first-order chi connectivity index (χ1) is 7.74. The van der Waals surface area contributed by atoms with Crippen LogP contribution in [0, 0.1) is 6.92 Å². The first-order valence-electron chi connectivity index (χ1n) is 4.76. The third-order valence-electron chi connectivity index (χ3n) is 2.26. The van der Waals surface area contributed by atoms with Crippen molar-refractivity contribution in [3.63, 3.8) is 0 Å². The highest BCUT2D eigenvalue weighted by Gasteiger charge is 2.13. The van der Waals surface area contributed by atoms with Crippen molar-refractivity contribution in [2.75, 3.05) is 0 Å². The second-order valence-corrected chi connectivity index (χ2v) is 3.43. The lowest BCUT2D eigenvalue weighted by molar-refractivity contribution is 0.462. The zero-order valence-corrected chi connectivity index (χ0v) is 8.47. The Morgan fingerprint density at radius 1 is 1.19 bits per heavy atom. The highest BCUT2D eigenvalue weighted by Crippen LogP contribution is 2.31. The molecule has 0 aliphatic rings. The van der Waals surface area contributed by atoms with Crippen LogP contribution >= 0.6 is 0 Å². The summed E-state index contributed by atoms with van der Waals surface area (Å²) in [6, 6.07) is 6.90. The molecule has 0 saturated carbocycles. The van der Waals surface area contributed by atoms with Crippen LogP contribution in [-0.2, 0) is 0 Å². The second-order valence-electron chi connectivity index (χ2n) is 3.43. The number of hydrogen-bond acceptors (Lipinski definition) is 5. The first-order valence-corrected chi connectivity index (χ1v) is 4.76. The van der Waals surface area contributed by atoms with E-state index in [9.17, 15) is 5.11 Å². The van der Waals surface area contributed by atoms with Crippen LogP contribution in [0.2, 0.25) is 0 Å². The summed E-state index contributed by atoms with van der Waals surface area (Å²) >= 11 is 0. The van der Waals surface area contributed by atoms with Crippen molar-refractivity contribution in [3.05, 3.63) is 30.2 Å². The average molecular weight is 216 g/mol.